The highest BCUT2D eigenvalue weighted by Gasteiger charge is 2.16. The first-order valence-electron chi connectivity index (χ1n) is 8.59. The van der Waals surface area contributed by atoms with Gasteiger partial charge in [-0.05, 0) is 36.2 Å². The zero-order valence-corrected chi connectivity index (χ0v) is 14.0. The van der Waals surface area contributed by atoms with E-state index >= 15 is 0 Å². The molecule has 0 spiro atoms. The van der Waals surface area contributed by atoms with Gasteiger partial charge in [0, 0.05) is 28.7 Å². The quantitative estimate of drug-likeness (QED) is 0.380. The highest BCUT2D eigenvalue weighted by Crippen LogP contribution is 2.38. The Labute approximate surface area is 140 Å². The fourth-order valence-corrected chi connectivity index (χ4v) is 4.02. The molecular weight excluding hydrogens is 294 g/mol. The molecule has 0 fully saturated rings. The molecular formula is C22H19NO. The van der Waals surface area contributed by atoms with Crippen molar-refractivity contribution >= 4 is 43.7 Å². The van der Waals surface area contributed by atoms with Gasteiger partial charge in [0.2, 0.25) is 0 Å². The lowest BCUT2D eigenvalue weighted by atomic mass is 10.0. The van der Waals surface area contributed by atoms with E-state index in [-0.39, 0.29) is 0 Å². The van der Waals surface area contributed by atoms with Crippen LogP contribution in [0.15, 0.2) is 59.0 Å². The second-order valence-corrected chi connectivity index (χ2v) is 6.59. The van der Waals surface area contributed by atoms with Gasteiger partial charge in [-0.15, -0.1) is 0 Å². The summed E-state index contributed by atoms with van der Waals surface area (Å²) in [5.41, 5.74) is 5.83. The Kier molecular flexibility index (Phi) is 2.78. The Balaban J connectivity index is 1.97. The largest absolute Gasteiger partial charge is 0.456 e. The molecule has 2 aromatic heterocycles. The molecule has 3 aromatic carbocycles. The molecule has 0 aliphatic carbocycles. The number of para-hydroxylation sites is 1. The Morgan fingerprint density at radius 2 is 1.71 bits per heavy atom. The van der Waals surface area contributed by atoms with E-state index in [1.807, 2.05) is 0 Å². The lowest BCUT2D eigenvalue weighted by Gasteiger charge is -2.00. The summed E-state index contributed by atoms with van der Waals surface area (Å²) in [7, 11) is 2.15. The number of rotatable bonds is 2. The third kappa shape index (κ3) is 1.71. The average molecular weight is 313 g/mol. The van der Waals surface area contributed by atoms with Crippen molar-refractivity contribution in [2.75, 3.05) is 0 Å². The summed E-state index contributed by atoms with van der Waals surface area (Å²) in [6.07, 6.45) is 2.25. The van der Waals surface area contributed by atoms with Gasteiger partial charge < -0.3 is 8.98 Å². The maximum atomic E-state index is 6.19. The minimum atomic E-state index is 0.969. The summed E-state index contributed by atoms with van der Waals surface area (Å²) in [4.78, 5) is 0. The second kappa shape index (κ2) is 4.88. The number of benzene rings is 3. The fourth-order valence-electron chi connectivity index (χ4n) is 4.02. The van der Waals surface area contributed by atoms with Gasteiger partial charge >= 0.3 is 0 Å². The summed E-state index contributed by atoms with van der Waals surface area (Å²) < 4.78 is 8.48. The molecule has 2 heteroatoms. The molecule has 0 amide bonds. The predicted octanol–water partition coefficient (Wildman–Crippen LogP) is 6.18. The summed E-state index contributed by atoms with van der Waals surface area (Å²) in [6.45, 7) is 2.21. The van der Waals surface area contributed by atoms with Crippen molar-refractivity contribution in [3.63, 3.8) is 0 Å². The Morgan fingerprint density at radius 1 is 0.875 bits per heavy atom. The van der Waals surface area contributed by atoms with E-state index in [1.165, 1.54) is 38.1 Å². The molecule has 0 unspecified atom stereocenters. The van der Waals surface area contributed by atoms with Crippen LogP contribution in [-0.2, 0) is 13.5 Å². The number of aromatic nitrogens is 1. The molecule has 0 radical (unpaired) electrons. The number of hydrogen-bond acceptors (Lipinski definition) is 1. The van der Waals surface area contributed by atoms with E-state index in [0.29, 0.717) is 0 Å². The fraction of sp³-hybridized carbons (Fsp3) is 0.182. The van der Waals surface area contributed by atoms with Gasteiger partial charge in [0.25, 0.3) is 0 Å². The summed E-state index contributed by atoms with van der Waals surface area (Å²) in [5.74, 6) is 0. The number of hydrogen-bond donors (Lipinski definition) is 0. The van der Waals surface area contributed by atoms with Gasteiger partial charge in [-0.25, -0.2) is 0 Å². The van der Waals surface area contributed by atoms with Crippen molar-refractivity contribution in [2.45, 2.75) is 19.8 Å². The van der Waals surface area contributed by atoms with E-state index in [1.54, 1.807) is 0 Å². The minimum absolute atomic E-state index is 0.969. The summed E-state index contributed by atoms with van der Waals surface area (Å²) in [5, 5.41) is 5.03. The van der Waals surface area contributed by atoms with E-state index in [2.05, 4.69) is 73.1 Å². The first kappa shape index (κ1) is 13.7. The van der Waals surface area contributed by atoms with Gasteiger partial charge in [-0.2, -0.15) is 0 Å². The van der Waals surface area contributed by atoms with Crippen LogP contribution < -0.4 is 0 Å². The van der Waals surface area contributed by atoms with Gasteiger partial charge in [-0.3, -0.25) is 0 Å². The molecule has 0 aliphatic rings. The molecule has 24 heavy (non-hydrogen) atoms. The first-order chi connectivity index (χ1) is 11.8. The van der Waals surface area contributed by atoms with Gasteiger partial charge in [0.1, 0.15) is 11.2 Å². The molecule has 2 heterocycles. The molecule has 0 N–H and O–H groups in total. The SMILES string of the molecule is CCCc1ccc2c(c1)oc1ccc3c4ccccc4n(C)c3c12. The normalized spacial score (nSPS) is 12.1. The van der Waals surface area contributed by atoms with E-state index in [0.717, 1.165) is 24.0 Å². The van der Waals surface area contributed by atoms with Crippen molar-refractivity contribution in [3.05, 3.63) is 60.2 Å². The molecule has 5 rings (SSSR count). The van der Waals surface area contributed by atoms with Crippen molar-refractivity contribution in [1.82, 2.24) is 4.57 Å². The van der Waals surface area contributed by atoms with Crippen molar-refractivity contribution < 1.29 is 4.42 Å². The number of aryl methyl sites for hydroxylation is 2. The predicted molar refractivity (Wildman–Crippen MR) is 102 cm³/mol. The van der Waals surface area contributed by atoms with Crippen LogP contribution in [0.3, 0.4) is 0 Å². The second-order valence-electron chi connectivity index (χ2n) is 6.59. The lowest BCUT2D eigenvalue weighted by molar-refractivity contribution is 0.668. The zero-order chi connectivity index (χ0) is 16.3. The first-order valence-corrected chi connectivity index (χ1v) is 8.59. The minimum Gasteiger partial charge on any atom is -0.456 e. The molecule has 0 aliphatic heterocycles. The van der Waals surface area contributed by atoms with Gasteiger partial charge in [-0.1, -0.05) is 43.7 Å². The molecule has 2 nitrogen and oxygen atoms in total. The molecule has 0 saturated heterocycles. The van der Waals surface area contributed by atoms with Crippen LogP contribution in [0.5, 0.6) is 0 Å². The number of furan rings is 1. The van der Waals surface area contributed by atoms with Crippen molar-refractivity contribution in [2.24, 2.45) is 7.05 Å². The number of nitrogens with zero attached hydrogens (tertiary/aromatic N) is 1. The monoisotopic (exact) mass is 313 g/mol. The maximum absolute atomic E-state index is 6.19. The third-order valence-electron chi connectivity index (χ3n) is 5.10. The summed E-state index contributed by atoms with van der Waals surface area (Å²) >= 11 is 0. The Morgan fingerprint density at radius 3 is 2.58 bits per heavy atom. The zero-order valence-electron chi connectivity index (χ0n) is 14.0. The van der Waals surface area contributed by atoms with Crippen molar-refractivity contribution in [1.29, 1.82) is 0 Å². The standard InChI is InChI=1S/C22H19NO/c1-3-6-14-9-10-17-20(13-14)24-19-12-11-16-15-7-4-5-8-18(15)23(2)22(16)21(17)19/h4-5,7-13H,3,6H2,1-2H3. The van der Waals surface area contributed by atoms with Gasteiger partial charge in [0.05, 0.1) is 10.9 Å². The molecule has 0 saturated carbocycles. The Bertz CT molecular complexity index is 1220. The van der Waals surface area contributed by atoms with E-state index < -0.39 is 0 Å². The van der Waals surface area contributed by atoms with E-state index in [9.17, 15) is 0 Å². The Hall–Kier alpha value is -2.74. The average Bonchev–Trinajstić information content (AvgIpc) is 3.11. The molecule has 0 bridgehead atoms. The van der Waals surface area contributed by atoms with E-state index in [4.69, 9.17) is 4.42 Å². The van der Waals surface area contributed by atoms with Gasteiger partial charge in [0.15, 0.2) is 0 Å². The molecule has 5 aromatic rings. The van der Waals surface area contributed by atoms with Crippen LogP contribution >= 0.6 is 0 Å². The van der Waals surface area contributed by atoms with Crippen LogP contribution in [0.2, 0.25) is 0 Å². The van der Waals surface area contributed by atoms with Crippen LogP contribution in [-0.4, -0.2) is 4.57 Å². The summed E-state index contributed by atoms with van der Waals surface area (Å²) in [6, 6.07) is 19.6. The maximum Gasteiger partial charge on any atom is 0.137 e. The lowest BCUT2D eigenvalue weighted by Crippen LogP contribution is -1.87. The van der Waals surface area contributed by atoms with Crippen LogP contribution in [0.4, 0.5) is 0 Å². The molecule has 118 valence electrons. The number of fused-ring (bicyclic) bond motifs is 7. The highest BCUT2D eigenvalue weighted by molar-refractivity contribution is 6.23. The molecule has 0 atom stereocenters. The van der Waals surface area contributed by atoms with Crippen LogP contribution in [0.25, 0.3) is 43.7 Å². The van der Waals surface area contributed by atoms with Crippen LogP contribution in [0, 0.1) is 0 Å². The highest BCUT2D eigenvalue weighted by atomic mass is 16.3. The topological polar surface area (TPSA) is 18.1 Å². The van der Waals surface area contributed by atoms with Crippen LogP contribution in [0.1, 0.15) is 18.9 Å². The third-order valence-corrected chi connectivity index (χ3v) is 5.10. The van der Waals surface area contributed by atoms with Crippen molar-refractivity contribution in [3.8, 4) is 0 Å². The smallest absolute Gasteiger partial charge is 0.137 e.